The van der Waals surface area contributed by atoms with Gasteiger partial charge in [0.25, 0.3) is 0 Å². The molecule has 0 bridgehead atoms. The number of rotatable bonds is 7. The lowest BCUT2D eigenvalue weighted by Crippen LogP contribution is -2.18. The lowest BCUT2D eigenvalue weighted by Gasteiger charge is -2.18. The number of nitrogens with two attached hydrogens (primary N) is 1. The molecule has 0 fully saturated rings. The molecule has 0 atom stereocenters. The van der Waals surface area contributed by atoms with Crippen LogP contribution in [0, 0.1) is 0 Å². The molecule has 19 heavy (non-hydrogen) atoms. The number of aliphatic hydroxyl groups is 1. The minimum atomic E-state index is -0.129. The van der Waals surface area contributed by atoms with Crippen LogP contribution < -0.4 is 11.1 Å². The van der Waals surface area contributed by atoms with Gasteiger partial charge in [-0.15, -0.1) is 0 Å². The molecule has 6 nitrogen and oxygen atoms in total. The lowest BCUT2D eigenvalue weighted by atomic mass is 9.96. The van der Waals surface area contributed by atoms with Crippen molar-refractivity contribution in [2.45, 2.75) is 32.6 Å². The summed E-state index contributed by atoms with van der Waals surface area (Å²) in [5.74, 6) is 1.94. The number of aromatic nitrogens is 2. The maximum atomic E-state index is 8.57. The third-order valence-corrected chi connectivity index (χ3v) is 2.42. The van der Waals surface area contributed by atoms with Crippen LogP contribution in [-0.4, -0.2) is 41.4 Å². The number of nitrogens with zero attached hydrogens (tertiary/aromatic N) is 2. The van der Waals surface area contributed by atoms with Crippen LogP contribution >= 0.6 is 0 Å². The zero-order valence-corrected chi connectivity index (χ0v) is 11.9. The van der Waals surface area contributed by atoms with Gasteiger partial charge in [0.2, 0.25) is 0 Å². The fraction of sp³-hybridized carbons (Fsp3) is 0.692. The van der Waals surface area contributed by atoms with Crippen LogP contribution in [0.15, 0.2) is 6.07 Å². The molecule has 0 radical (unpaired) electrons. The van der Waals surface area contributed by atoms with E-state index in [2.05, 4.69) is 15.3 Å². The molecule has 6 heteroatoms. The van der Waals surface area contributed by atoms with Gasteiger partial charge in [0.15, 0.2) is 0 Å². The molecule has 0 saturated carbocycles. The number of ether oxygens (including phenoxy) is 1. The van der Waals surface area contributed by atoms with E-state index in [4.69, 9.17) is 15.6 Å². The Morgan fingerprint density at radius 3 is 2.68 bits per heavy atom. The molecule has 0 saturated heterocycles. The monoisotopic (exact) mass is 268 g/mol. The first-order chi connectivity index (χ1) is 8.93. The molecular formula is C13H24N4O2. The lowest BCUT2D eigenvalue weighted by molar-refractivity contribution is 0.0922. The molecule has 108 valence electrons. The highest BCUT2D eigenvalue weighted by molar-refractivity contribution is 5.45. The van der Waals surface area contributed by atoms with Crippen molar-refractivity contribution in [3.05, 3.63) is 11.9 Å². The highest BCUT2D eigenvalue weighted by Crippen LogP contribution is 2.21. The minimum Gasteiger partial charge on any atom is -0.394 e. The number of nitrogen functional groups attached to an aromatic ring is 1. The predicted molar refractivity (Wildman–Crippen MR) is 76.2 cm³/mol. The highest BCUT2D eigenvalue weighted by Gasteiger charge is 2.18. The Kier molecular flexibility index (Phi) is 5.98. The standard InChI is InChI=1S/C13H24N4O2/c1-13(2,3)12-16-10(14)9-11(17-12)15-5-4-7-19-8-6-18/h9,18H,4-8H2,1-3H3,(H3,14,15,16,17). The minimum absolute atomic E-state index is 0.0603. The van der Waals surface area contributed by atoms with E-state index in [1.807, 2.05) is 20.8 Å². The van der Waals surface area contributed by atoms with Crippen LogP contribution in [-0.2, 0) is 10.2 Å². The van der Waals surface area contributed by atoms with E-state index in [1.165, 1.54) is 0 Å². The van der Waals surface area contributed by atoms with Crippen LogP contribution in [0.5, 0.6) is 0 Å². The summed E-state index contributed by atoms with van der Waals surface area (Å²) in [5, 5.41) is 11.8. The van der Waals surface area contributed by atoms with Crippen LogP contribution in [0.25, 0.3) is 0 Å². The Morgan fingerprint density at radius 1 is 1.32 bits per heavy atom. The van der Waals surface area contributed by atoms with Crippen molar-refractivity contribution in [1.29, 1.82) is 0 Å². The van der Waals surface area contributed by atoms with Crippen molar-refractivity contribution in [3.8, 4) is 0 Å². The van der Waals surface area contributed by atoms with Gasteiger partial charge in [0.05, 0.1) is 13.2 Å². The largest absolute Gasteiger partial charge is 0.394 e. The third kappa shape index (κ3) is 5.85. The summed E-state index contributed by atoms with van der Waals surface area (Å²) in [7, 11) is 0. The second-order valence-corrected chi connectivity index (χ2v) is 5.37. The summed E-state index contributed by atoms with van der Waals surface area (Å²) in [6, 6.07) is 1.73. The van der Waals surface area contributed by atoms with Crippen molar-refractivity contribution >= 4 is 11.6 Å². The van der Waals surface area contributed by atoms with E-state index in [0.717, 1.165) is 24.6 Å². The Morgan fingerprint density at radius 2 is 2.05 bits per heavy atom. The summed E-state index contributed by atoms with van der Waals surface area (Å²) < 4.78 is 5.18. The van der Waals surface area contributed by atoms with Crippen molar-refractivity contribution in [2.75, 3.05) is 37.4 Å². The zero-order chi connectivity index (χ0) is 14.3. The summed E-state index contributed by atoms with van der Waals surface area (Å²) in [6.45, 7) is 7.95. The SMILES string of the molecule is CC(C)(C)c1nc(N)cc(NCCCOCCO)n1. The van der Waals surface area contributed by atoms with E-state index in [-0.39, 0.29) is 12.0 Å². The highest BCUT2D eigenvalue weighted by atomic mass is 16.5. The summed E-state index contributed by atoms with van der Waals surface area (Å²) in [6.07, 6.45) is 0.842. The molecule has 0 amide bonds. The van der Waals surface area contributed by atoms with Gasteiger partial charge in [0, 0.05) is 24.6 Å². The van der Waals surface area contributed by atoms with Gasteiger partial charge < -0.3 is 20.9 Å². The van der Waals surface area contributed by atoms with Gasteiger partial charge in [0.1, 0.15) is 17.5 Å². The average Bonchev–Trinajstić information content (AvgIpc) is 2.32. The van der Waals surface area contributed by atoms with E-state index in [1.54, 1.807) is 6.07 Å². The number of nitrogens with one attached hydrogen (secondary N) is 1. The van der Waals surface area contributed by atoms with Crippen LogP contribution in [0.1, 0.15) is 33.0 Å². The van der Waals surface area contributed by atoms with E-state index in [0.29, 0.717) is 19.0 Å². The van der Waals surface area contributed by atoms with Crippen molar-refractivity contribution < 1.29 is 9.84 Å². The zero-order valence-electron chi connectivity index (χ0n) is 11.9. The van der Waals surface area contributed by atoms with Crippen molar-refractivity contribution in [2.24, 2.45) is 0 Å². The molecule has 0 spiro atoms. The van der Waals surface area contributed by atoms with Crippen LogP contribution in [0.2, 0.25) is 0 Å². The fourth-order valence-corrected chi connectivity index (χ4v) is 1.45. The summed E-state index contributed by atoms with van der Waals surface area (Å²) >= 11 is 0. The van der Waals surface area contributed by atoms with Crippen LogP contribution in [0.4, 0.5) is 11.6 Å². The number of anilines is 2. The second kappa shape index (κ2) is 7.25. The molecule has 4 N–H and O–H groups in total. The molecule has 1 aromatic rings. The summed E-state index contributed by atoms with van der Waals surface area (Å²) in [4.78, 5) is 8.70. The van der Waals surface area contributed by atoms with Gasteiger partial charge in [-0.1, -0.05) is 20.8 Å². The van der Waals surface area contributed by atoms with E-state index >= 15 is 0 Å². The normalized spacial score (nSPS) is 11.6. The molecule has 0 aliphatic rings. The van der Waals surface area contributed by atoms with Crippen molar-refractivity contribution in [3.63, 3.8) is 0 Å². The molecule has 0 aliphatic heterocycles. The Bertz CT molecular complexity index is 391. The first kappa shape index (κ1) is 15.7. The van der Waals surface area contributed by atoms with Gasteiger partial charge in [-0.05, 0) is 6.42 Å². The molecule has 0 aromatic carbocycles. The molecule has 1 aromatic heterocycles. The van der Waals surface area contributed by atoms with Gasteiger partial charge >= 0.3 is 0 Å². The van der Waals surface area contributed by atoms with Crippen LogP contribution in [0.3, 0.4) is 0 Å². The maximum Gasteiger partial charge on any atom is 0.138 e. The number of hydrogen-bond acceptors (Lipinski definition) is 6. The maximum absolute atomic E-state index is 8.57. The molecule has 0 unspecified atom stereocenters. The number of hydrogen-bond donors (Lipinski definition) is 3. The quantitative estimate of drug-likeness (QED) is 0.643. The molecule has 1 rings (SSSR count). The van der Waals surface area contributed by atoms with E-state index < -0.39 is 0 Å². The predicted octanol–water partition coefficient (Wildman–Crippen LogP) is 1.17. The van der Waals surface area contributed by atoms with Gasteiger partial charge in [-0.2, -0.15) is 0 Å². The first-order valence-corrected chi connectivity index (χ1v) is 6.51. The number of aliphatic hydroxyl groups excluding tert-OH is 1. The average molecular weight is 268 g/mol. The van der Waals surface area contributed by atoms with E-state index in [9.17, 15) is 0 Å². The molecule has 1 heterocycles. The van der Waals surface area contributed by atoms with Gasteiger partial charge in [-0.3, -0.25) is 0 Å². The Labute approximate surface area is 114 Å². The Balaban J connectivity index is 2.48. The molecular weight excluding hydrogens is 244 g/mol. The fourth-order valence-electron chi connectivity index (χ4n) is 1.45. The van der Waals surface area contributed by atoms with Gasteiger partial charge in [-0.25, -0.2) is 9.97 Å². The Hall–Kier alpha value is -1.40. The topological polar surface area (TPSA) is 93.3 Å². The smallest absolute Gasteiger partial charge is 0.138 e. The summed E-state index contributed by atoms with van der Waals surface area (Å²) in [5.41, 5.74) is 5.65. The third-order valence-electron chi connectivity index (χ3n) is 2.42. The van der Waals surface area contributed by atoms with Crippen molar-refractivity contribution in [1.82, 2.24) is 9.97 Å². The second-order valence-electron chi connectivity index (χ2n) is 5.37. The first-order valence-electron chi connectivity index (χ1n) is 6.51. The molecule has 0 aliphatic carbocycles.